The molecule has 0 unspecified atom stereocenters. The fourth-order valence-electron chi connectivity index (χ4n) is 2.04. The van der Waals surface area contributed by atoms with Gasteiger partial charge in [-0.1, -0.05) is 11.6 Å². The van der Waals surface area contributed by atoms with Gasteiger partial charge in [0.1, 0.15) is 17.3 Å². The predicted molar refractivity (Wildman–Crippen MR) is 64.0 cm³/mol. The maximum Gasteiger partial charge on any atom is 0.137 e. The Balaban J connectivity index is 2.11. The summed E-state index contributed by atoms with van der Waals surface area (Å²) in [5.41, 5.74) is 0.958. The van der Waals surface area contributed by atoms with Gasteiger partial charge in [0.25, 0.3) is 0 Å². The first-order valence-electron chi connectivity index (χ1n) is 5.47. The van der Waals surface area contributed by atoms with Crippen LogP contribution in [0.25, 0.3) is 0 Å². The molecule has 0 aliphatic carbocycles. The monoisotopic (exact) mass is 241 g/mol. The second kappa shape index (κ2) is 4.97. The molecule has 1 aromatic heterocycles. The van der Waals surface area contributed by atoms with Crippen LogP contribution in [0.1, 0.15) is 18.4 Å². The summed E-state index contributed by atoms with van der Waals surface area (Å²) in [4.78, 5) is 10.5. The summed E-state index contributed by atoms with van der Waals surface area (Å²) in [6, 6.07) is 0. The molecule has 1 aromatic rings. The van der Waals surface area contributed by atoms with Gasteiger partial charge in [0, 0.05) is 25.8 Å². The van der Waals surface area contributed by atoms with Gasteiger partial charge in [-0.25, -0.2) is 9.97 Å². The Morgan fingerprint density at radius 1 is 1.38 bits per heavy atom. The van der Waals surface area contributed by atoms with Crippen molar-refractivity contribution in [2.75, 3.05) is 25.1 Å². The van der Waals surface area contributed by atoms with Crippen molar-refractivity contribution in [3.8, 4) is 0 Å². The quantitative estimate of drug-likeness (QED) is 0.743. The van der Waals surface area contributed by atoms with E-state index in [0.29, 0.717) is 11.3 Å². The number of ether oxygens (including phenoxy) is 1. The molecular formula is C11H16ClN3O. The molecule has 0 spiro atoms. The van der Waals surface area contributed by atoms with E-state index < -0.39 is 0 Å². The highest BCUT2D eigenvalue weighted by Gasteiger charge is 2.21. The van der Waals surface area contributed by atoms with Gasteiger partial charge in [0.2, 0.25) is 0 Å². The van der Waals surface area contributed by atoms with E-state index in [0.717, 1.165) is 37.3 Å². The molecule has 0 radical (unpaired) electrons. The molecule has 0 saturated carbocycles. The average Bonchev–Trinajstić information content (AvgIpc) is 2.33. The number of methoxy groups -OCH3 is 1. The van der Waals surface area contributed by atoms with Crippen molar-refractivity contribution in [1.82, 2.24) is 9.97 Å². The predicted octanol–water partition coefficient (Wildman–Crippen LogP) is 2.05. The van der Waals surface area contributed by atoms with Crippen molar-refractivity contribution in [3.63, 3.8) is 0 Å². The van der Waals surface area contributed by atoms with E-state index >= 15 is 0 Å². The summed E-state index contributed by atoms with van der Waals surface area (Å²) in [6.45, 7) is 3.89. The van der Waals surface area contributed by atoms with Gasteiger partial charge < -0.3 is 9.64 Å². The Morgan fingerprint density at radius 3 is 2.69 bits per heavy atom. The molecule has 16 heavy (non-hydrogen) atoms. The minimum Gasteiger partial charge on any atom is -0.381 e. The summed E-state index contributed by atoms with van der Waals surface area (Å²) < 4.78 is 5.34. The van der Waals surface area contributed by atoms with Crippen molar-refractivity contribution in [2.24, 2.45) is 0 Å². The third-order valence-corrected chi connectivity index (χ3v) is 3.45. The summed E-state index contributed by atoms with van der Waals surface area (Å²) >= 11 is 5.99. The summed E-state index contributed by atoms with van der Waals surface area (Å²) in [7, 11) is 1.77. The maximum absolute atomic E-state index is 5.99. The van der Waals surface area contributed by atoms with Gasteiger partial charge in [0.15, 0.2) is 0 Å². The van der Waals surface area contributed by atoms with Crippen LogP contribution in [-0.2, 0) is 4.74 Å². The normalized spacial score (nSPS) is 17.8. The molecule has 88 valence electrons. The lowest BCUT2D eigenvalue weighted by Crippen LogP contribution is -2.37. The minimum atomic E-state index is 0.383. The summed E-state index contributed by atoms with van der Waals surface area (Å²) in [6.07, 6.45) is 3.98. The fraction of sp³-hybridized carbons (Fsp3) is 0.636. The topological polar surface area (TPSA) is 38.2 Å². The standard InChI is InChI=1S/C11H16ClN3O/c1-8-10(12)13-7-14-11(8)15-5-3-9(16-2)4-6-15/h7,9H,3-6H2,1-2H3. The molecule has 0 N–H and O–H groups in total. The Hall–Kier alpha value is -0.870. The zero-order valence-electron chi connectivity index (χ0n) is 9.61. The van der Waals surface area contributed by atoms with Crippen LogP contribution in [0, 0.1) is 6.92 Å². The lowest BCUT2D eigenvalue weighted by molar-refractivity contribution is 0.0818. The molecule has 0 amide bonds. The molecule has 0 bridgehead atoms. The highest BCUT2D eigenvalue weighted by molar-refractivity contribution is 6.30. The molecule has 0 aromatic carbocycles. The number of piperidine rings is 1. The maximum atomic E-state index is 5.99. The SMILES string of the molecule is COC1CCN(c2ncnc(Cl)c2C)CC1. The average molecular weight is 242 g/mol. The van der Waals surface area contributed by atoms with Gasteiger partial charge in [-0.3, -0.25) is 0 Å². The van der Waals surface area contributed by atoms with Crippen LogP contribution in [0.4, 0.5) is 5.82 Å². The minimum absolute atomic E-state index is 0.383. The van der Waals surface area contributed by atoms with Crippen LogP contribution in [0.3, 0.4) is 0 Å². The Kier molecular flexibility index (Phi) is 3.61. The number of hydrogen-bond acceptors (Lipinski definition) is 4. The van der Waals surface area contributed by atoms with E-state index in [1.807, 2.05) is 6.92 Å². The molecule has 0 atom stereocenters. The van der Waals surface area contributed by atoms with Crippen LogP contribution in [0.2, 0.25) is 5.15 Å². The highest BCUT2D eigenvalue weighted by atomic mass is 35.5. The van der Waals surface area contributed by atoms with E-state index in [4.69, 9.17) is 16.3 Å². The van der Waals surface area contributed by atoms with Crippen molar-refractivity contribution >= 4 is 17.4 Å². The Labute approximate surface area is 101 Å². The first-order valence-corrected chi connectivity index (χ1v) is 5.85. The number of nitrogens with zero attached hydrogens (tertiary/aromatic N) is 3. The molecule has 5 heteroatoms. The third kappa shape index (κ3) is 2.28. The van der Waals surface area contributed by atoms with Gasteiger partial charge in [0.05, 0.1) is 6.10 Å². The second-order valence-electron chi connectivity index (χ2n) is 4.04. The summed E-state index contributed by atoms with van der Waals surface area (Å²) in [5.74, 6) is 0.953. The number of halogens is 1. The second-order valence-corrected chi connectivity index (χ2v) is 4.39. The summed E-state index contributed by atoms with van der Waals surface area (Å²) in [5, 5.41) is 0.541. The van der Waals surface area contributed by atoms with Crippen LogP contribution in [0.15, 0.2) is 6.33 Å². The molecule has 1 fully saturated rings. The van der Waals surface area contributed by atoms with Gasteiger partial charge in [-0.15, -0.1) is 0 Å². The Bertz CT molecular complexity index is 364. The smallest absolute Gasteiger partial charge is 0.137 e. The van der Waals surface area contributed by atoms with Gasteiger partial charge in [-0.2, -0.15) is 0 Å². The van der Waals surface area contributed by atoms with E-state index in [-0.39, 0.29) is 0 Å². The van der Waals surface area contributed by atoms with Gasteiger partial charge in [-0.05, 0) is 19.8 Å². The first kappa shape index (κ1) is 11.6. The zero-order chi connectivity index (χ0) is 11.5. The lowest BCUT2D eigenvalue weighted by atomic mass is 10.1. The van der Waals surface area contributed by atoms with Crippen LogP contribution in [-0.4, -0.2) is 36.3 Å². The largest absolute Gasteiger partial charge is 0.381 e. The molecule has 2 rings (SSSR count). The van der Waals surface area contributed by atoms with Crippen LogP contribution >= 0.6 is 11.6 Å². The van der Waals surface area contributed by atoms with Gasteiger partial charge >= 0.3 is 0 Å². The number of rotatable bonds is 2. The Morgan fingerprint density at radius 2 is 2.06 bits per heavy atom. The lowest BCUT2D eigenvalue weighted by Gasteiger charge is -2.32. The fourth-order valence-corrected chi connectivity index (χ4v) is 2.17. The van der Waals surface area contributed by atoms with E-state index in [2.05, 4.69) is 14.9 Å². The van der Waals surface area contributed by atoms with Crippen molar-refractivity contribution in [3.05, 3.63) is 17.0 Å². The third-order valence-electron chi connectivity index (χ3n) is 3.07. The van der Waals surface area contributed by atoms with Crippen molar-refractivity contribution < 1.29 is 4.74 Å². The number of hydrogen-bond donors (Lipinski definition) is 0. The van der Waals surface area contributed by atoms with Crippen molar-refractivity contribution in [1.29, 1.82) is 0 Å². The highest BCUT2D eigenvalue weighted by Crippen LogP contribution is 2.25. The number of anilines is 1. The van der Waals surface area contributed by atoms with Crippen LogP contribution < -0.4 is 4.90 Å². The van der Waals surface area contributed by atoms with E-state index in [1.165, 1.54) is 6.33 Å². The molecule has 4 nitrogen and oxygen atoms in total. The molecule has 1 saturated heterocycles. The first-order chi connectivity index (χ1) is 7.72. The molecule has 1 aliphatic rings. The molecular weight excluding hydrogens is 226 g/mol. The van der Waals surface area contributed by atoms with Crippen molar-refractivity contribution in [2.45, 2.75) is 25.9 Å². The van der Waals surface area contributed by atoms with E-state index in [1.54, 1.807) is 7.11 Å². The zero-order valence-corrected chi connectivity index (χ0v) is 10.4. The van der Waals surface area contributed by atoms with Crippen LogP contribution in [0.5, 0.6) is 0 Å². The number of aromatic nitrogens is 2. The van der Waals surface area contributed by atoms with E-state index in [9.17, 15) is 0 Å². The molecule has 2 heterocycles. The molecule has 1 aliphatic heterocycles.